The topological polar surface area (TPSA) is 92.4 Å². The van der Waals surface area contributed by atoms with Crippen molar-refractivity contribution in [2.75, 3.05) is 0 Å². The number of aliphatic carboxylic acids is 1. The SMILES string of the molecule is NC(CCc1ccc(F)cc1)C(=O)NC(CCCc1cccc(F)c1)C(=O)O. The van der Waals surface area contributed by atoms with Crippen molar-refractivity contribution < 1.29 is 23.5 Å². The zero-order valence-corrected chi connectivity index (χ0v) is 15.4. The molecule has 0 aromatic heterocycles. The minimum absolute atomic E-state index is 0.211. The highest BCUT2D eigenvalue weighted by atomic mass is 19.1. The summed E-state index contributed by atoms with van der Waals surface area (Å²) in [5.41, 5.74) is 7.47. The third-order valence-corrected chi connectivity index (χ3v) is 4.46. The van der Waals surface area contributed by atoms with E-state index in [4.69, 9.17) is 5.73 Å². The first-order valence-electron chi connectivity index (χ1n) is 9.13. The summed E-state index contributed by atoms with van der Waals surface area (Å²) in [6.45, 7) is 0. The number of carbonyl (C=O) groups excluding carboxylic acids is 1. The molecular weight excluding hydrogens is 366 g/mol. The predicted octanol–water partition coefficient (Wildman–Crippen LogP) is 2.82. The second-order valence-corrected chi connectivity index (χ2v) is 6.69. The highest BCUT2D eigenvalue weighted by Crippen LogP contribution is 2.10. The molecule has 0 aliphatic heterocycles. The number of amides is 1. The van der Waals surface area contributed by atoms with Crippen molar-refractivity contribution in [1.29, 1.82) is 0 Å². The van der Waals surface area contributed by atoms with Crippen molar-refractivity contribution in [3.05, 3.63) is 71.3 Å². The normalized spacial score (nSPS) is 13.0. The van der Waals surface area contributed by atoms with Crippen LogP contribution in [-0.2, 0) is 22.4 Å². The Balaban J connectivity index is 1.80. The van der Waals surface area contributed by atoms with Crippen molar-refractivity contribution in [2.24, 2.45) is 5.73 Å². The maximum Gasteiger partial charge on any atom is 0.326 e. The van der Waals surface area contributed by atoms with Crippen LogP contribution in [-0.4, -0.2) is 29.1 Å². The molecule has 0 bridgehead atoms. The largest absolute Gasteiger partial charge is 0.480 e. The average Bonchev–Trinajstić information content (AvgIpc) is 2.66. The maximum absolute atomic E-state index is 13.2. The van der Waals surface area contributed by atoms with Crippen molar-refractivity contribution in [1.82, 2.24) is 5.32 Å². The van der Waals surface area contributed by atoms with Crippen LogP contribution in [0.25, 0.3) is 0 Å². The summed E-state index contributed by atoms with van der Waals surface area (Å²) in [4.78, 5) is 23.6. The molecule has 0 saturated heterocycles. The third-order valence-electron chi connectivity index (χ3n) is 4.46. The number of halogens is 2. The van der Waals surface area contributed by atoms with E-state index in [0.29, 0.717) is 25.7 Å². The first kappa shape index (κ1) is 21.5. The maximum atomic E-state index is 13.2. The number of rotatable bonds is 10. The van der Waals surface area contributed by atoms with Gasteiger partial charge in [0.25, 0.3) is 0 Å². The van der Waals surface area contributed by atoms with E-state index in [2.05, 4.69) is 5.32 Å². The second kappa shape index (κ2) is 10.5. The molecule has 0 radical (unpaired) electrons. The van der Waals surface area contributed by atoms with E-state index >= 15 is 0 Å². The number of benzene rings is 2. The lowest BCUT2D eigenvalue weighted by atomic mass is 10.0. The van der Waals surface area contributed by atoms with Gasteiger partial charge in [-0.1, -0.05) is 24.3 Å². The van der Waals surface area contributed by atoms with Gasteiger partial charge in [-0.15, -0.1) is 0 Å². The van der Waals surface area contributed by atoms with Gasteiger partial charge in [0.1, 0.15) is 17.7 Å². The molecule has 150 valence electrons. The molecule has 2 rings (SSSR count). The lowest BCUT2D eigenvalue weighted by molar-refractivity contribution is -0.142. The molecule has 2 aromatic rings. The van der Waals surface area contributed by atoms with E-state index in [1.165, 1.54) is 24.3 Å². The van der Waals surface area contributed by atoms with Gasteiger partial charge in [-0.25, -0.2) is 13.6 Å². The Bertz CT molecular complexity index is 796. The smallest absolute Gasteiger partial charge is 0.326 e. The van der Waals surface area contributed by atoms with Crippen molar-refractivity contribution in [3.8, 4) is 0 Å². The average molecular weight is 390 g/mol. The Hall–Kier alpha value is -2.80. The summed E-state index contributed by atoms with van der Waals surface area (Å²) in [5, 5.41) is 11.8. The minimum Gasteiger partial charge on any atom is -0.480 e. The fourth-order valence-electron chi connectivity index (χ4n) is 2.84. The van der Waals surface area contributed by atoms with Crippen LogP contribution < -0.4 is 11.1 Å². The van der Waals surface area contributed by atoms with Crippen LogP contribution in [0.1, 0.15) is 30.4 Å². The summed E-state index contributed by atoms with van der Waals surface area (Å²) >= 11 is 0. The zero-order chi connectivity index (χ0) is 20.5. The summed E-state index contributed by atoms with van der Waals surface area (Å²) in [7, 11) is 0. The van der Waals surface area contributed by atoms with Gasteiger partial charge in [0.05, 0.1) is 6.04 Å². The molecule has 0 aliphatic carbocycles. The highest BCUT2D eigenvalue weighted by Gasteiger charge is 2.22. The Morgan fingerprint density at radius 1 is 0.964 bits per heavy atom. The van der Waals surface area contributed by atoms with Gasteiger partial charge in [-0.3, -0.25) is 4.79 Å². The quantitative estimate of drug-likeness (QED) is 0.582. The first-order valence-corrected chi connectivity index (χ1v) is 9.13. The molecule has 1 amide bonds. The molecule has 4 N–H and O–H groups in total. The van der Waals surface area contributed by atoms with Crippen molar-refractivity contribution in [2.45, 2.75) is 44.2 Å². The van der Waals surface area contributed by atoms with Gasteiger partial charge in [0.15, 0.2) is 0 Å². The highest BCUT2D eigenvalue weighted by molar-refractivity contribution is 5.86. The van der Waals surface area contributed by atoms with Crippen LogP contribution in [0.3, 0.4) is 0 Å². The van der Waals surface area contributed by atoms with Gasteiger partial charge < -0.3 is 16.2 Å². The van der Waals surface area contributed by atoms with E-state index in [1.807, 2.05) is 0 Å². The fourth-order valence-corrected chi connectivity index (χ4v) is 2.84. The molecule has 0 saturated carbocycles. The molecule has 0 heterocycles. The molecular formula is C21H24F2N2O3. The summed E-state index contributed by atoms with van der Waals surface area (Å²) in [5.74, 6) is -2.36. The standard InChI is InChI=1S/C21H24F2N2O3/c22-16-10-7-14(8-11-16)9-12-18(24)20(26)25-19(21(27)28)6-2-4-15-3-1-5-17(23)13-15/h1,3,5,7-8,10-11,13,18-19H,2,4,6,9,12,24H2,(H,25,26)(H,27,28). The van der Waals surface area contributed by atoms with E-state index < -0.39 is 24.0 Å². The van der Waals surface area contributed by atoms with Crippen molar-refractivity contribution in [3.63, 3.8) is 0 Å². The van der Waals surface area contributed by atoms with Gasteiger partial charge >= 0.3 is 5.97 Å². The van der Waals surface area contributed by atoms with E-state index in [1.54, 1.807) is 24.3 Å². The monoisotopic (exact) mass is 390 g/mol. The summed E-state index contributed by atoms with van der Waals surface area (Å²) in [6.07, 6.45) is 1.99. The van der Waals surface area contributed by atoms with Gasteiger partial charge in [0.2, 0.25) is 5.91 Å². The molecule has 0 aliphatic rings. The molecule has 0 spiro atoms. The molecule has 7 heteroatoms. The Morgan fingerprint density at radius 2 is 1.68 bits per heavy atom. The molecule has 5 nitrogen and oxygen atoms in total. The van der Waals surface area contributed by atoms with E-state index in [-0.39, 0.29) is 18.1 Å². The molecule has 2 aromatic carbocycles. The zero-order valence-electron chi connectivity index (χ0n) is 15.4. The molecule has 0 fully saturated rings. The molecule has 28 heavy (non-hydrogen) atoms. The Morgan fingerprint density at radius 3 is 2.32 bits per heavy atom. The number of nitrogens with two attached hydrogens (primary N) is 1. The van der Waals surface area contributed by atoms with Gasteiger partial charge in [0, 0.05) is 0 Å². The summed E-state index contributed by atoms with van der Waals surface area (Å²) in [6, 6.07) is 10.1. The van der Waals surface area contributed by atoms with Crippen LogP contribution in [0, 0.1) is 11.6 Å². The lowest BCUT2D eigenvalue weighted by Gasteiger charge is -2.18. The molecule has 2 atom stereocenters. The lowest BCUT2D eigenvalue weighted by Crippen LogP contribution is -2.48. The van der Waals surface area contributed by atoms with Crippen LogP contribution >= 0.6 is 0 Å². The Labute approximate surface area is 162 Å². The third kappa shape index (κ3) is 7.08. The molecule has 2 unspecified atom stereocenters. The van der Waals surface area contributed by atoms with Crippen LogP contribution in [0.4, 0.5) is 8.78 Å². The number of aryl methyl sites for hydroxylation is 2. The van der Waals surface area contributed by atoms with Crippen LogP contribution in [0.5, 0.6) is 0 Å². The fraction of sp³-hybridized carbons (Fsp3) is 0.333. The number of carboxylic acid groups (broad SMARTS) is 1. The number of hydrogen-bond donors (Lipinski definition) is 3. The van der Waals surface area contributed by atoms with E-state index in [0.717, 1.165) is 11.1 Å². The second-order valence-electron chi connectivity index (χ2n) is 6.69. The van der Waals surface area contributed by atoms with Gasteiger partial charge in [-0.05, 0) is 67.5 Å². The van der Waals surface area contributed by atoms with Crippen molar-refractivity contribution >= 4 is 11.9 Å². The summed E-state index contributed by atoms with van der Waals surface area (Å²) < 4.78 is 26.1. The number of carbonyl (C=O) groups is 2. The number of carboxylic acids is 1. The number of hydrogen-bond acceptors (Lipinski definition) is 3. The first-order chi connectivity index (χ1) is 13.3. The van der Waals surface area contributed by atoms with Crippen LogP contribution in [0.15, 0.2) is 48.5 Å². The van der Waals surface area contributed by atoms with E-state index in [9.17, 15) is 23.5 Å². The number of nitrogens with one attached hydrogen (secondary N) is 1. The minimum atomic E-state index is -1.14. The van der Waals surface area contributed by atoms with Crippen LogP contribution in [0.2, 0.25) is 0 Å². The predicted molar refractivity (Wildman–Crippen MR) is 102 cm³/mol. The van der Waals surface area contributed by atoms with Gasteiger partial charge in [-0.2, -0.15) is 0 Å². The Kier molecular flexibility index (Phi) is 8.07.